The van der Waals surface area contributed by atoms with Crippen LogP contribution in [0.15, 0.2) is 206 Å². The SMILES string of the molecule is CC1(C)c2ccccc2-c2ccc(N3c4cc(Cl)cc(c4)N(c4ccccc4-c4ccccc4)c4ccc5c(c4)C(C)(c4ccc(-c6ccccc6)c3c4)c3ccccc3-5)cc21. The van der Waals surface area contributed by atoms with Gasteiger partial charge in [-0.3, -0.25) is 0 Å². The Balaban J connectivity index is 1.20. The Bertz CT molecular complexity index is 3260. The van der Waals surface area contributed by atoms with Gasteiger partial charge in [0.25, 0.3) is 0 Å². The Hall–Kier alpha value is -7.13. The molecular weight excluding hydrogens is 772 g/mol. The molecule has 1 aliphatic heterocycles. The van der Waals surface area contributed by atoms with Crippen LogP contribution in [0, 0.1) is 0 Å². The number of para-hydroxylation sites is 1. The molecule has 3 aliphatic rings. The summed E-state index contributed by atoms with van der Waals surface area (Å²) in [5.41, 5.74) is 21.9. The van der Waals surface area contributed by atoms with Crippen LogP contribution in [0.4, 0.5) is 34.1 Å². The molecule has 0 amide bonds. The average Bonchev–Trinajstić information content (AvgIpc) is 3.70. The molecule has 0 saturated carbocycles. The summed E-state index contributed by atoms with van der Waals surface area (Å²) in [5, 5.41) is 0.659. The smallest absolute Gasteiger partial charge is 0.0543 e. The third-order valence-electron chi connectivity index (χ3n) is 13.9. The monoisotopic (exact) mass is 814 g/mol. The third-order valence-corrected chi connectivity index (χ3v) is 14.1. The first-order valence-electron chi connectivity index (χ1n) is 21.5. The van der Waals surface area contributed by atoms with E-state index in [0.717, 1.165) is 56.4 Å². The number of halogens is 1. The lowest BCUT2D eigenvalue weighted by molar-refractivity contribution is 0.660. The van der Waals surface area contributed by atoms with Crippen molar-refractivity contribution in [3.8, 4) is 44.5 Å². The number of anilines is 6. The molecule has 0 radical (unpaired) electrons. The molecule has 3 heteroatoms. The van der Waals surface area contributed by atoms with Crippen LogP contribution in [-0.2, 0) is 10.8 Å². The summed E-state index contributed by atoms with van der Waals surface area (Å²) in [6.45, 7) is 7.14. The molecular formula is C59H43ClN2. The van der Waals surface area contributed by atoms with Gasteiger partial charge in [0.2, 0.25) is 0 Å². The summed E-state index contributed by atoms with van der Waals surface area (Å²) >= 11 is 7.43. The maximum atomic E-state index is 7.43. The highest BCUT2D eigenvalue weighted by Gasteiger charge is 2.42. The van der Waals surface area contributed by atoms with E-state index in [-0.39, 0.29) is 5.41 Å². The van der Waals surface area contributed by atoms with Gasteiger partial charge >= 0.3 is 0 Å². The Kier molecular flexibility index (Phi) is 8.10. The van der Waals surface area contributed by atoms with E-state index >= 15 is 0 Å². The first-order valence-corrected chi connectivity index (χ1v) is 21.9. The van der Waals surface area contributed by atoms with Gasteiger partial charge in [0, 0.05) is 49.7 Å². The van der Waals surface area contributed by atoms with Crippen molar-refractivity contribution in [3.63, 3.8) is 0 Å². The quantitative estimate of drug-likeness (QED) is 0.175. The lowest BCUT2D eigenvalue weighted by Gasteiger charge is -2.36. The first-order chi connectivity index (χ1) is 30.3. The minimum absolute atomic E-state index is 0.184. The molecule has 9 aromatic carbocycles. The maximum absolute atomic E-state index is 7.43. The van der Waals surface area contributed by atoms with Crippen LogP contribution < -0.4 is 9.80 Å². The highest BCUT2D eigenvalue weighted by Crippen LogP contribution is 2.57. The number of fused-ring (bicyclic) bond motifs is 12. The Morgan fingerprint density at radius 1 is 0.339 bits per heavy atom. The molecule has 0 spiro atoms. The molecule has 2 nitrogen and oxygen atoms in total. The standard InChI is InChI=1S/C59H43ClN2/c1-58(2)52-23-13-10-21-48(52)50-30-27-42(36-54(50)58)62-45-34-41(60)33-44(35-45)61(56-25-15-12-20-46(56)38-16-6-4-7-17-38)43-28-31-51-49-22-11-14-24-53(49)59(3,55(51)37-43)40-26-29-47(57(62)32-40)39-18-8-5-9-19-39/h4-37H,1-3H3. The minimum Gasteiger partial charge on any atom is -0.310 e. The number of benzene rings is 9. The zero-order valence-electron chi connectivity index (χ0n) is 34.9. The Morgan fingerprint density at radius 3 is 1.47 bits per heavy atom. The van der Waals surface area contributed by atoms with Gasteiger partial charge in [-0.25, -0.2) is 0 Å². The fourth-order valence-electron chi connectivity index (χ4n) is 10.9. The van der Waals surface area contributed by atoms with E-state index in [2.05, 4.69) is 237 Å². The molecule has 12 rings (SSSR count). The van der Waals surface area contributed by atoms with Crippen LogP contribution in [-0.4, -0.2) is 0 Å². The van der Waals surface area contributed by atoms with Gasteiger partial charge in [0.05, 0.1) is 11.4 Å². The molecule has 9 aromatic rings. The second-order valence-electron chi connectivity index (χ2n) is 17.6. The van der Waals surface area contributed by atoms with E-state index in [9.17, 15) is 0 Å². The van der Waals surface area contributed by atoms with Crippen molar-refractivity contribution >= 4 is 45.7 Å². The van der Waals surface area contributed by atoms with E-state index in [4.69, 9.17) is 11.6 Å². The zero-order chi connectivity index (χ0) is 41.7. The molecule has 1 unspecified atom stereocenters. The Morgan fingerprint density at radius 2 is 0.806 bits per heavy atom. The van der Waals surface area contributed by atoms with Gasteiger partial charge in [0.15, 0.2) is 0 Å². The van der Waals surface area contributed by atoms with Crippen molar-refractivity contribution in [2.24, 2.45) is 0 Å². The summed E-state index contributed by atoms with van der Waals surface area (Å²) in [6.07, 6.45) is 0. The summed E-state index contributed by atoms with van der Waals surface area (Å²) in [4.78, 5) is 4.87. The van der Waals surface area contributed by atoms with E-state index in [1.54, 1.807) is 0 Å². The van der Waals surface area contributed by atoms with Gasteiger partial charge in [-0.05, 0) is 123 Å². The second-order valence-corrected chi connectivity index (χ2v) is 18.1. The molecule has 1 atom stereocenters. The summed E-state index contributed by atoms with van der Waals surface area (Å²) < 4.78 is 0. The summed E-state index contributed by atoms with van der Waals surface area (Å²) in [6, 6.07) is 76.0. The third kappa shape index (κ3) is 5.36. The highest BCUT2D eigenvalue weighted by molar-refractivity contribution is 6.31. The normalized spacial score (nSPS) is 16.2. The fraction of sp³-hybridized carbons (Fsp3) is 0.0847. The minimum atomic E-state index is -0.464. The van der Waals surface area contributed by atoms with Crippen LogP contribution in [0.1, 0.15) is 48.6 Å². The molecule has 1 heterocycles. The molecule has 6 bridgehead atoms. The highest BCUT2D eigenvalue weighted by atomic mass is 35.5. The van der Waals surface area contributed by atoms with Gasteiger partial charge in [0.1, 0.15) is 0 Å². The summed E-state index contributed by atoms with van der Waals surface area (Å²) in [5.74, 6) is 0. The maximum Gasteiger partial charge on any atom is 0.0543 e. The van der Waals surface area contributed by atoms with Crippen LogP contribution in [0.2, 0.25) is 5.02 Å². The number of hydrogen-bond acceptors (Lipinski definition) is 2. The fourth-order valence-corrected chi connectivity index (χ4v) is 11.1. The average molecular weight is 815 g/mol. The Labute approximate surface area is 369 Å². The van der Waals surface area contributed by atoms with Crippen molar-refractivity contribution in [1.29, 1.82) is 0 Å². The van der Waals surface area contributed by atoms with Crippen LogP contribution in [0.3, 0.4) is 0 Å². The molecule has 62 heavy (non-hydrogen) atoms. The van der Waals surface area contributed by atoms with E-state index in [0.29, 0.717) is 5.02 Å². The van der Waals surface area contributed by atoms with Crippen LogP contribution >= 0.6 is 11.6 Å². The van der Waals surface area contributed by atoms with Gasteiger partial charge in [-0.15, -0.1) is 0 Å². The second kappa shape index (κ2) is 13.7. The molecule has 296 valence electrons. The lowest BCUT2D eigenvalue weighted by atomic mass is 9.73. The zero-order valence-corrected chi connectivity index (χ0v) is 35.7. The van der Waals surface area contributed by atoms with Gasteiger partial charge in [-0.2, -0.15) is 0 Å². The predicted molar refractivity (Wildman–Crippen MR) is 260 cm³/mol. The number of nitrogens with zero attached hydrogens (tertiary/aromatic N) is 2. The van der Waals surface area contributed by atoms with E-state index < -0.39 is 5.41 Å². The van der Waals surface area contributed by atoms with Crippen molar-refractivity contribution in [2.75, 3.05) is 9.80 Å². The molecule has 0 fully saturated rings. The van der Waals surface area contributed by atoms with Crippen LogP contribution in [0.25, 0.3) is 44.5 Å². The van der Waals surface area contributed by atoms with Crippen LogP contribution in [0.5, 0.6) is 0 Å². The van der Waals surface area contributed by atoms with Crippen molar-refractivity contribution in [3.05, 3.63) is 239 Å². The first kappa shape index (κ1) is 36.7. The lowest BCUT2D eigenvalue weighted by Crippen LogP contribution is -2.24. The van der Waals surface area contributed by atoms with Gasteiger partial charge in [-0.1, -0.05) is 177 Å². The largest absolute Gasteiger partial charge is 0.310 e. The molecule has 0 aromatic heterocycles. The number of hydrogen-bond donors (Lipinski definition) is 0. The van der Waals surface area contributed by atoms with E-state index in [1.807, 2.05) is 0 Å². The van der Waals surface area contributed by atoms with Gasteiger partial charge < -0.3 is 9.80 Å². The molecule has 0 N–H and O–H groups in total. The van der Waals surface area contributed by atoms with Crippen molar-refractivity contribution in [2.45, 2.75) is 31.6 Å². The summed E-state index contributed by atoms with van der Waals surface area (Å²) in [7, 11) is 0. The van der Waals surface area contributed by atoms with E-state index in [1.165, 1.54) is 50.1 Å². The van der Waals surface area contributed by atoms with Crippen molar-refractivity contribution in [1.82, 2.24) is 0 Å². The van der Waals surface area contributed by atoms with Crippen molar-refractivity contribution < 1.29 is 0 Å². The molecule has 0 saturated heterocycles. The topological polar surface area (TPSA) is 6.48 Å². The number of rotatable bonds is 4. The molecule has 2 aliphatic carbocycles. The predicted octanol–water partition coefficient (Wildman–Crippen LogP) is 16.6.